The monoisotopic (exact) mass is 533 g/mol. The van der Waals surface area contributed by atoms with Gasteiger partial charge in [-0.2, -0.15) is 5.10 Å². The number of para-hydroxylation sites is 1. The number of nitrogens with one attached hydrogen (secondary N) is 1. The van der Waals surface area contributed by atoms with E-state index >= 15 is 0 Å². The summed E-state index contributed by atoms with van der Waals surface area (Å²) in [5.41, 5.74) is 5.25. The van der Waals surface area contributed by atoms with Crippen LogP contribution in [-0.2, 0) is 6.54 Å². The van der Waals surface area contributed by atoms with Gasteiger partial charge in [-0.25, -0.2) is 9.48 Å². The van der Waals surface area contributed by atoms with Gasteiger partial charge in [0.25, 0.3) is 0 Å². The Balaban J connectivity index is 1.38. The first-order chi connectivity index (χ1) is 19.6. The van der Waals surface area contributed by atoms with Gasteiger partial charge in [-0.15, -0.1) is 0 Å². The first kappa shape index (κ1) is 23.9. The number of rotatable bonds is 4. The molecule has 200 valence electrons. The predicted octanol–water partition coefficient (Wildman–Crippen LogP) is 5.85. The molecule has 1 unspecified atom stereocenters. The minimum absolute atomic E-state index is 0.168. The molecule has 0 bridgehead atoms. The fourth-order valence-corrected chi connectivity index (χ4v) is 5.48. The Morgan fingerprint density at radius 1 is 0.975 bits per heavy atom. The first-order valence-corrected chi connectivity index (χ1v) is 13.0. The van der Waals surface area contributed by atoms with Crippen molar-refractivity contribution in [2.75, 3.05) is 19.2 Å². The molecule has 2 aliphatic rings. The molecule has 7 rings (SSSR count). The third kappa shape index (κ3) is 3.94. The maximum Gasteiger partial charge on any atom is 0.322 e. The van der Waals surface area contributed by atoms with Crippen molar-refractivity contribution in [3.05, 3.63) is 114 Å². The number of nitrogens with zero attached hydrogens (tertiary/aromatic N) is 4. The number of aryl methyl sites for hydroxylation is 1. The van der Waals surface area contributed by atoms with E-state index in [-0.39, 0.29) is 12.8 Å². The predicted molar refractivity (Wildman–Crippen MR) is 150 cm³/mol. The third-order valence-corrected chi connectivity index (χ3v) is 7.38. The van der Waals surface area contributed by atoms with Gasteiger partial charge >= 0.3 is 6.03 Å². The highest BCUT2D eigenvalue weighted by Gasteiger charge is 2.36. The largest absolute Gasteiger partial charge is 0.497 e. The van der Waals surface area contributed by atoms with Crippen molar-refractivity contribution in [1.29, 1.82) is 0 Å². The zero-order valence-corrected chi connectivity index (χ0v) is 22.1. The molecule has 2 aromatic heterocycles. The zero-order valence-electron chi connectivity index (χ0n) is 22.1. The van der Waals surface area contributed by atoms with E-state index in [1.54, 1.807) is 19.2 Å². The molecular formula is C31H27N5O4. The molecule has 1 atom stereocenters. The molecule has 2 aliphatic heterocycles. The number of benzene rings is 3. The summed E-state index contributed by atoms with van der Waals surface area (Å²) in [6.07, 6.45) is 2.03. The molecule has 9 nitrogen and oxygen atoms in total. The van der Waals surface area contributed by atoms with E-state index in [4.69, 9.17) is 19.3 Å². The van der Waals surface area contributed by atoms with Gasteiger partial charge in [0, 0.05) is 23.5 Å². The lowest BCUT2D eigenvalue weighted by atomic mass is 10.0. The first-order valence-electron chi connectivity index (χ1n) is 13.0. The highest BCUT2D eigenvalue weighted by atomic mass is 16.7. The Hall–Kier alpha value is -5.18. The van der Waals surface area contributed by atoms with Crippen LogP contribution in [0.2, 0.25) is 0 Å². The van der Waals surface area contributed by atoms with Gasteiger partial charge in [0.15, 0.2) is 11.5 Å². The Bertz CT molecular complexity index is 1730. The SMILES string of the molecule is COc1cccc(C2c3cccn3-c3c(c(C)nn3-c3ccccc3)CN2C(=O)Nc2ccc3c(c2)OCO3)c1. The second kappa shape index (κ2) is 9.53. The van der Waals surface area contributed by atoms with Crippen molar-refractivity contribution in [3.8, 4) is 28.8 Å². The Morgan fingerprint density at radius 3 is 2.67 bits per heavy atom. The molecule has 3 aromatic carbocycles. The molecule has 0 spiro atoms. The molecule has 0 radical (unpaired) electrons. The number of hydrogen-bond acceptors (Lipinski definition) is 5. The van der Waals surface area contributed by atoms with E-state index in [9.17, 15) is 4.79 Å². The maximum atomic E-state index is 14.2. The summed E-state index contributed by atoms with van der Waals surface area (Å²) in [5.74, 6) is 2.90. The number of hydrogen-bond donors (Lipinski definition) is 1. The van der Waals surface area contributed by atoms with Crippen molar-refractivity contribution in [3.63, 3.8) is 0 Å². The van der Waals surface area contributed by atoms with E-state index in [0.29, 0.717) is 23.7 Å². The number of carbonyl (C=O) groups excluding carboxylic acids is 1. The highest BCUT2D eigenvalue weighted by Crippen LogP contribution is 2.40. The molecule has 0 saturated carbocycles. The summed E-state index contributed by atoms with van der Waals surface area (Å²) in [7, 11) is 1.65. The number of methoxy groups -OCH3 is 1. The van der Waals surface area contributed by atoms with Gasteiger partial charge in [0.2, 0.25) is 6.79 Å². The Morgan fingerprint density at radius 2 is 1.82 bits per heavy atom. The zero-order chi connectivity index (χ0) is 27.2. The molecule has 0 fully saturated rings. The number of urea groups is 1. The van der Waals surface area contributed by atoms with Crippen molar-refractivity contribution in [2.45, 2.75) is 19.5 Å². The Labute approximate surface area is 231 Å². The maximum absolute atomic E-state index is 14.2. The smallest absolute Gasteiger partial charge is 0.322 e. The minimum atomic E-state index is -0.407. The second-order valence-corrected chi connectivity index (χ2v) is 9.74. The molecule has 9 heteroatoms. The number of aromatic nitrogens is 3. The number of ether oxygens (including phenoxy) is 3. The topological polar surface area (TPSA) is 82.8 Å². The van der Waals surface area contributed by atoms with Gasteiger partial charge in [-0.1, -0.05) is 30.3 Å². The van der Waals surface area contributed by atoms with Crippen LogP contribution < -0.4 is 19.5 Å². The summed E-state index contributed by atoms with van der Waals surface area (Å²) in [4.78, 5) is 16.0. The van der Waals surface area contributed by atoms with Gasteiger partial charge in [0.1, 0.15) is 11.6 Å². The number of carbonyl (C=O) groups is 1. The van der Waals surface area contributed by atoms with Crippen molar-refractivity contribution >= 4 is 11.7 Å². The molecule has 0 saturated heterocycles. The number of amides is 2. The molecule has 5 aromatic rings. The molecule has 0 aliphatic carbocycles. The summed E-state index contributed by atoms with van der Waals surface area (Å²) in [6, 6.07) is 26.7. The average Bonchev–Trinajstić information content (AvgIpc) is 3.70. The molecular weight excluding hydrogens is 506 g/mol. The van der Waals surface area contributed by atoms with Gasteiger partial charge in [-0.05, 0) is 61.0 Å². The highest BCUT2D eigenvalue weighted by molar-refractivity contribution is 5.90. The van der Waals surface area contributed by atoms with Crippen LogP contribution in [0.25, 0.3) is 11.5 Å². The van der Waals surface area contributed by atoms with Crippen molar-refractivity contribution in [2.24, 2.45) is 0 Å². The molecule has 1 N–H and O–H groups in total. The van der Waals surface area contributed by atoms with Crippen LogP contribution in [0.3, 0.4) is 0 Å². The third-order valence-electron chi connectivity index (χ3n) is 7.38. The van der Waals surface area contributed by atoms with E-state index in [1.165, 1.54) is 0 Å². The summed E-state index contributed by atoms with van der Waals surface area (Å²) < 4.78 is 20.6. The second-order valence-electron chi connectivity index (χ2n) is 9.74. The van der Waals surface area contributed by atoms with E-state index in [2.05, 4.69) is 16.0 Å². The molecule has 2 amide bonds. The lowest BCUT2D eigenvalue weighted by Crippen LogP contribution is -2.38. The van der Waals surface area contributed by atoms with Crippen molar-refractivity contribution in [1.82, 2.24) is 19.2 Å². The van der Waals surface area contributed by atoms with Crippen LogP contribution in [-0.4, -0.2) is 39.2 Å². The van der Waals surface area contributed by atoms with Crippen LogP contribution in [0.4, 0.5) is 10.5 Å². The van der Waals surface area contributed by atoms with E-state index < -0.39 is 6.04 Å². The summed E-state index contributed by atoms with van der Waals surface area (Å²) in [6.45, 7) is 2.50. The average molecular weight is 534 g/mol. The minimum Gasteiger partial charge on any atom is -0.497 e. The van der Waals surface area contributed by atoms with Crippen LogP contribution in [0, 0.1) is 6.92 Å². The summed E-state index contributed by atoms with van der Waals surface area (Å²) in [5, 5.41) is 8.00. The fraction of sp³-hybridized carbons (Fsp3) is 0.161. The lowest BCUT2D eigenvalue weighted by Gasteiger charge is -2.31. The van der Waals surface area contributed by atoms with Gasteiger partial charge < -0.3 is 29.0 Å². The molecule has 4 heterocycles. The van der Waals surface area contributed by atoms with Gasteiger partial charge in [0.05, 0.1) is 36.8 Å². The van der Waals surface area contributed by atoms with Crippen LogP contribution in [0.5, 0.6) is 17.2 Å². The number of fused-ring (bicyclic) bond motifs is 4. The summed E-state index contributed by atoms with van der Waals surface area (Å²) >= 11 is 0. The molecule has 40 heavy (non-hydrogen) atoms. The lowest BCUT2D eigenvalue weighted by molar-refractivity contribution is 0.174. The quantitative estimate of drug-likeness (QED) is 0.314. The van der Waals surface area contributed by atoms with Gasteiger partial charge in [-0.3, -0.25) is 0 Å². The van der Waals surface area contributed by atoms with E-state index in [1.807, 2.05) is 89.4 Å². The van der Waals surface area contributed by atoms with Crippen LogP contribution >= 0.6 is 0 Å². The number of anilines is 1. The Kier molecular flexibility index (Phi) is 5.70. The standard InChI is InChI=1S/C31H27N5O4/c1-20-25-18-35(31(37)32-22-13-14-27-28(17-22)40-19-39-27)29(21-8-6-11-24(16-21)38-2)26-12-7-15-34(26)30(25)36(33-20)23-9-4-3-5-10-23/h3-17,29H,18-19H2,1-2H3,(H,32,37). The van der Waals surface area contributed by atoms with Crippen LogP contribution in [0.1, 0.15) is 28.6 Å². The van der Waals surface area contributed by atoms with E-state index in [0.717, 1.165) is 39.8 Å². The normalized spacial score (nSPS) is 15.2. The fourth-order valence-electron chi connectivity index (χ4n) is 5.48. The van der Waals surface area contributed by atoms with Crippen molar-refractivity contribution < 1.29 is 19.0 Å². The van der Waals surface area contributed by atoms with Crippen LogP contribution in [0.15, 0.2) is 91.1 Å².